The second-order valence-electron chi connectivity index (χ2n) is 10.5. The maximum Gasteiger partial charge on any atom is 0.268 e. The van der Waals surface area contributed by atoms with E-state index < -0.39 is 14.2 Å². The van der Waals surface area contributed by atoms with E-state index >= 15 is 0 Å². The Labute approximate surface area is 214 Å². The van der Waals surface area contributed by atoms with Crippen molar-refractivity contribution in [3.05, 3.63) is 60.8 Å². The molecule has 2 N–H and O–H groups in total. The van der Waals surface area contributed by atoms with Crippen LogP contribution in [0.2, 0.25) is 18.1 Å². The molecule has 0 aliphatic carbocycles. The highest BCUT2D eigenvalue weighted by Gasteiger charge is 2.40. The van der Waals surface area contributed by atoms with Crippen LogP contribution >= 0.6 is 0 Å². The van der Waals surface area contributed by atoms with Gasteiger partial charge in [-0.15, -0.1) is 0 Å². The number of primary amides is 1. The van der Waals surface area contributed by atoms with Crippen LogP contribution in [0.4, 0.5) is 0 Å². The van der Waals surface area contributed by atoms with Gasteiger partial charge in [-0.2, -0.15) is 0 Å². The topological polar surface area (TPSA) is 101 Å². The number of pyridine rings is 1. The molecule has 0 fully saturated rings. The van der Waals surface area contributed by atoms with E-state index in [1.165, 1.54) is 0 Å². The molecule has 0 radical (unpaired) electrons. The molecule has 36 heavy (non-hydrogen) atoms. The van der Waals surface area contributed by atoms with E-state index in [1.54, 1.807) is 25.8 Å². The van der Waals surface area contributed by atoms with E-state index in [0.29, 0.717) is 18.9 Å². The second kappa shape index (κ2) is 11.3. The molecule has 0 aliphatic rings. The fraction of sp³-hybridized carbons (Fsp3) is 0.444. The van der Waals surface area contributed by atoms with E-state index in [-0.39, 0.29) is 22.9 Å². The molecular formula is C27H38N4O4Si. The number of aromatic nitrogens is 3. The fourth-order valence-corrected chi connectivity index (χ4v) is 5.17. The number of benzene rings is 1. The molecule has 0 spiro atoms. The number of nitrogens with two attached hydrogens (primary N) is 1. The summed E-state index contributed by atoms with van der Waals surface area (Å²) in [5, 5.41) is 0.0758. The van der Waals surface area contributed by atoms with Gasteiger partial charge in [-0.25, -0.2) is 9.97 Å². The second-order valence-corrected chi connectivity index (χ2v) is 15.2. The van der Waals surface area contributed by atoms with Crippen molar-refractivity contribution >= 4 is 14.2 Å². The van der Waals surface area contributed by atoms with Crippen molar-refractivity contribution in [1.82, 2.24) is 14.5 Å². The number of rotatable bonds is 11. The first-order chi connectivity index (χ1) is 16.9. The van der Waals surface area contributed by atoms with Gasteiger partial charge in [0.05, 0.1) is 32.2 Å². The first-order valence-corrected chi connectivity index (χ1v) is 15.1. The van der Waals surface area contributed by atoms with Crippen molar-refractivity contribution in [1.29, 1.82) is 0 Å². The lowest BCUT2D eigenvalue weighted by molar-refractivity contribution is 0.0994. The fourth-order valence-electron chi connectivity index (χ4n) is 3.73. The number of methoxy groups -OCH3 is 1. The van der Waals surface area contributed by atoms with Gasteiger partial charge in [0.2, 0.25) is 5.88 Å². The minimum absolute atomic E-state index is 0.0753. The largest absolute Gasteiger partial charge is 0.493 e. The zero-order chi connectivity index (χ0) is 26.5. The molecule has 3 aromatic rings. The van der Waals surface area contributed by atoms with Crippen LogP contribution in [0.15, 0.2) is 55.1 Å². The number of imidazole rings is 1. The summed E-state index contributed by atoms with van der Waals surface area (Å²) in [6.07, 6.45) is 5.67. The summed E-state index contributed by atoms with van der Waals surface area (Å²) in [7, 11) is -0.417. The molecule has 2 unspecified atom stereocenters. The van der Waals surface area contributed by atoms with Gasteiger partial charge in [0.15, 0.2) is 8.32 Å². The number of hydrogen-bond donors (Lipinski definition) is 1. The van der Waals surface area contributed by atoms with Gasteiger partial charge in [-0.3, -0.25) is 4.79 Å². The van der Waals surface area contributed by atoms with Gasteiger partial charge in [-0.05, 0) is 48.8 Å². The molecule has 9 heteroatoms. The molecule has 1 aromatic carbocycles. The maximum absolute atomic E-state index is 11.6. The molecule has 1 amide bonds. The summed E-state index contributed by atoms with van der Waals surface area (Å²) >= 11 is 0. The highest BCUT2D eigenvalue weighted by Crippen LogP contribution is 2.39. The number of hydrogen-bond acceptors (Lipinski definition) is 6. The lowest BCUT2D eigenvalue weighted by Gasteiger charge is -2.40. The predicted octanol–water partition coefficient (Wildman–Crippen LogP) is 5.47. The van der Waals surface area contributed by atoms with Crippen molar-refractivity contribution in [2.24, 2.45) is 5.73 Å². The molecule has 2 aromatic heterocycles. The highest BCUT2D eigenvalue weighted by molar-refractivity contribution is 6.74. The Morgan fingerprint density at radius 1 is 1.14 bits per heavy atom. The predicted molar refractivity (Wildman–Crippen MR) is 144 cm³/mol. The van der Waals surface area contributed by atoms with Gasteiger partial charge in [0, 0.05) is 30.4 Å². The Balaban J connectivity index is 1.74. The van der Waals surface area contributed by atoms with Crippen molar-refractivity contribution in [2.45, 2.75) is 64.4 Å². The maximum atomic E-state index is 11.6. The van der Waals surface area contributed by atoms with E-state index in [2.05, 4.69) is 50.8 Å². The van der Waals surface area contributed by atoms with E-state index in [1.807, 2.05) is 41.0 Å². The summed E-state index contributed by atoms with van der Waals surface area (Å²) in [5.41, 5.74) is 7.67. The lowest BCUT2D eigenvalue weighted by Crippen LogP contribution is -2.45. The van der Waals surface area contributed by atoms with Gasteiger partial charge >= 0.3 is 0 Å². The first kappa shape index (κ1) is 27.4. The standard InChI is InChI=1S/C27H38N4O4Si/c1-19(35-36(6,7)27(2,3)4)24(31-17-23(26(28)32)30-18-31)13-14-34-22-10-8-9-20(15-22)21-11-12-25(33-5)29-16-21/h8-12,15-19,24H,13-14H2,1-7H3,(H2,28,32). The Bertz CT molecular complexity index is 1160. The summed E-state index contributed by atoms with van der Waals surface area (Å²) in [6.45, 7) is 13.7. The minimum Gasteiger partial charge on any atom is -0.493 e. The molecule has 0 saturated heterocycles. The lowest BCUT2D eigenvalue weighted by atomic mass is 10.1. The number of nitrogens with zero attached hydrogens (tertiary/aromatic N) is 3. The number of amides is 1. The highest BCUT2D eigenvalue weighted by atomic mass is 28.4. The minimum atomic E-state index is -2.01. The van der Waals surface area contributed by atoms with Crippen LogP contribution in [-0.2, 0) is 4.43 Å². The summed E-state index contributed by atoms with van der Waals surface area (Å²) < 4.78 is 19.9. The van der Waals surface area contributed by atoms with Crippen molar-refractivity contribution in [3.8, 4) is 22.8 Å². The molecular weight excluding hydrogens is 472 g/mol. The molecule has 3 rings (SSSR count). The molecule has 194 valence electrons. The van der Waals surface area contributed by atoms with Crippen molar-refractivity contribution < 1.29 is 18.7 Å². The van der Waals surface area contributed by atoms with Gasteiger partial charge in [0.1, 0.15) is 11.4 Å². The Hall–Kier alpha value is -3.17. The summed E-state index contributed by atoms with van der Waals surface area (Å²) in [6, 6.07) is 11.6. The quantitative estimate of drug-likeness (QED) is 0.343. The van der Waals surface area contributed by atoms with Crippen LogP contribution in [0.1, 0.15) is 50.6 Å². The third kappa shape index (κ3) is 6.73. The molecule has 2 atom stereocenters. The molecule has 0 saturated carbocycles. The van der Waals surface area contributed by atoms with E-state index in [9.17, 15) is 4.79 Å². The Kier molecular flexibility index (Phi) is 8.57. The smallest absolute Gasteiger partial charge is 0.268 e. The molecule has 0 bridgehead atoms. The summed E-state index contributed by atoms with van der Waals surface area (Å²) in [4.78, 5) is 20.1. The number of ether oxygens (including phenoxy) is 2. The van der Waals surface area contributed by atoms with Gasteiger partial charge in [-0.1, -0.05) is 32.9 Å². The van der Waals surface area contributed by atoms with Gasteiger partial charge in [0.25, 0.3) is 5.91 Å². The van der Waals surface area contributed by atoms with Crippen LogP contribution in [0.3, 0.4) is 0 Å². The van der Waals surface area contributed by atoms with Crippen LogP contribution in [0.5, 0.6) is 11.6 Å². The molecule has 2 heterocycles. The van der Waals surface area contributed by atoms with Crippen LogP contribution in [-0.4, -0.2) is 48.6 Å². The summed E-state index contributed by atoms with van der Waals surface area (Å²) in [5.74, 6) is 0.792. The van der Waals surface area contributed by atoms with Crippen molar-refractivity contribution in [3.63, 3.8) is 0 Å². The Morgan fingerprint density at radius 2 is 1.89 bits per heavy atom. The molecule has 0 aliphatic heterocycles. The van der Waals surface area contributed by atoms with E-state index in [4.69, 9.17) is 19.6 Å². The van der Waals surface area contributed by atoms with Crippen LogP contribution < -0.4 is 15.2 Å². The average molecular weight is 511 g/mol. The SMILES string of the molecule is COc1ccc(-c2cccc(OCCC(C(C)O[Si](C)(C)C(C)(C)C)n3cnc(C(N)=O)c3)c2)cn1. The van der Waals surface area contributed by atoms with Gasteiger partial charge < -0.3 is 24.2 Å². The number of carbonyl (C=O) groups is 1. The van der Waals surface area contributed by atoms with Crippen LogP contribution in [0.25, 0.3) is 11.1 Å². The zero-order valence-corrected chi connectivity index (χ0v) is 23.3. The van der Waals surface area contributed by atoms with Crippen LogP contribution in [0, 0.1) is 0 Å². The van der Waals surface area contributed by atoms with Crippen molar-refractivity contribution in [2.75, 3.05) is 13.7 Å². The first-order valence-electron chi connectivity index (χ1n) is 12.2. The number of carbonyl (C=O) groups excluding carboxylic acids is 1. The average Bonchev–Trinajstić information content (AvgIpc) is 3.31. The monoisotopic (exact) mass is 510 g/mol. The normalized spacial score (nSPS) is 13.8. The zero-order valence-electron chi connectivity index (χ0n) is 22.3. The molecule has 8 nitrogen and oxygen atoms in total. The Morgan fingerprint density at radius 3 is 2.47 bits per heavy atom. The third-order valence-electron chi connectivity index (χ3n) is 6.86. The third-order valence-corrected chi connectivity index (χ3v) is 11.4. The van der Waals surface area contributed by atoms with E-state index in [0.717, 1.165) is 16.9 Å².